The zero-order valence-electron chi connectivity index (χ0n) is 16.6. The summed E-state index contributed by atoms with van der Waals surface area (Å²) in [5.41, 5.74) is 4.65. The standard InChI is InChI=1S/C24H23N3O2/c1-27-22-12-4-3-11-21(22)26-23(27)14-13-17-7-5-9-19(15-17)25-24(28)18-8-6-10-20(16-18)29-2/h3-12,15-16H,13-14H2,1-2H3,(H,25,28). The molecule has 0 fully saturated rings. The number of hydrogen-bond acceptors (Lipinski definition) is 3. The third kappa shape index (κ3) is 4.14. The maximum atomic E-state index is 12.5. The normalized spacial score (nSPS) is 10.8. The van der Waals surface area contributed by atoms with E-state index in [1.165, 1.54) is 0 Å². The molecule has 0 spiro atoms. The van der Waals surface area contributed by atoms with Crippen LogP contribution in [0, 0.1) is 0 Å². The Hall–Kier alpha value is -3.60. The van der Waals surface area contributed by atoms with E-state index in [9.17, 15) is 4.79 Å². The van der Waals surface area contributed by atoms with Crippen LogP contribution < -0.4 is 10.1 Å². The number of nitrogens with one attached hydrogen (secondary N) is 1. The molecular formula is C24H23N3O2. The Balaban J connectivity index is 1.45. The topological polar surface area (TPSA) is 56.1 Å². The monoisotopic (exact) mass is 385 g/mol. The van der Waals surface area contributed by atoms with Crippen LogP contribution >= 0.6 is 0 Å². The lowest BCUT2D eigenvalue weighted by atomic mass is 10.1. The minimum Gasteiger partial charge on any atom is -0.497 e. The number of aryl methyl sites for hydroxylation is 3. The van der Waals surface area contributed by atoms with Gasteiger partial charge in [0.1, 0.15) is 11.6 Å². The van der Waals surface area contributed by atoms with Gasteiger partial charge in [0.05, 0.1) is 18.1 Å². The number of amides is 1. The molecule has 0 radical (unpaired) electrons. The number of benzene rings is 3. The number of rotatable bonds is 6. The highest BCUT2D eigenvalue weighted by Crippen LogP contribution is 2.19. The molecule has 0 aliphatic rings. The summed E-state index contributed by atoms with van der Waals surface area (Å²) in [6.45, 7) is 0. The smallest absolute Gasteiger partial charge is 0.255 e. The Morgan fingerprint density at radius 1 is 1.00 bits per heavy atom. The molecule has 5 nitrogen and oxygen atoms in total. The number of fused-ring (bicyclic) bond motifs is 1. The van der Waals surface area contributed by atoms with Crippen molar-refractivity contribution in [1.82, 2.24) is 9.55 Å². The van der Waals surface area contributed by atoms with Gasteiger partial charge in [0.15, 0.2) is 0 Å². The summed E-state index contributed by atoms with van der Waals surface area (Å²) in [7, 11) is 3.64. The Morgan fingerprint density at radius 2 is 1.83 bits per heavy atom. The fourth-order valence-electron chi connectivity index (χ4n) is 3.45. The second-order valence-electron chi connectivity index (χ2n) is 6.96. The average molecular weight is 385 g/mol. The predicted molar refractivity (Wildman–Crippen MR) is 116 cm³/mol. The largest absolute Gasteiger partial charge is 0.497 e. The second-order valence-corrected chi connectivity index (χ2v) is 6.96. The number of para-hydroxylation sites is 2. The zero-order valence-corrected chi connectivity index (χ0v) is 16.6. The van der Waals surface area contributed by atoms with Gasteiger partial charge in [0, 0.05) is 24.7 Å². The highest BCUT2D eigenvalue weighted by molar-refractivity contribution is 6.04. The number of hydrogen-bond donors (Lipinski definition) is 1. The first-order valence-corrected chi connectivity index (χ1v) is 9.59. The van der Waals surface area contributed by atoms with Crippen molar-refractivity contribution in [1.29, 1.82) is 0 Å². The minimum atomic E-state index is -0.156. The summed E-state index contributed by atoms with van der Waals surface area (Å²) in [5, 5.41) is 2.97. The number of anilines is 1. The van der Waals surface area contributed by atoms with E-state index >= 15 is 0 Å². The number of nitrogens with zero attached hydrogens (tertiary/aromatic N) is 2. The molecule has 3 aromatic carbocycles. The lowest BCUT2D eigenvalue weighted by molar-refractivity contribution is 0.102. The molecule has 1 N–H and O–H groups in total. The molecule has 0 atom stereocenters. The van der Waals surface area contributed by atoms with Gasteiger partial charge in [-0.3, -0.25) is 4.79 Å². The Morgan fingerprint density at radius 3 is 2.66 bits per heavy atom. The van der Waals surface area contributed by atoms with Crippen molar-refractivity contribution < 1.29 is 9.53 Å². The molecule has 5 heteroatoms. The van der Waals surface area contributed by atoms with Crippen molar-refractivity contribution in [2.45, 2.75) is 12.8 Å². The van der Waals surface area contributed by atoms with Crippen molar-refractivity contribution in [2.75, 3.05) is 12.4 Å². The molecule has 0 aliphatic heterocycles. The molecule has 1 amide bonds. The number of carbonyl (C=O) groups excluding carboxylic acids is 1. The third-order valence-corrected chi connectivity index (χ3v) is 5.03. The minimum absolute atomic E-state index is 0.156. The fraction of sp³-hybridized carbons (Fsp3) is 0.167. The molecule has 146 valence electrons. The van der Waals surface area contributed by atoms with Crippen LogP contribution in [0.4, 0.5) is 5.69 Å². The van der Waals surface area contributed by atoms with Crippen molar-refractivity contribution >= 4 is 22.6 Å². The molecule has 0 saturated carbocycles. The summed E-state index contributed by atoms with van der Waals surface area (Å²) >= 11 is 0. The maximum Gasteiger partial charge on any atom is 0.255 e. The second kappa shape index (κ2) is 8.19. The first-order chi connectivity index (χ1) is 14.1. The van der Waals surface area contributed by atoms with Gasteiger partial charge < -0.3 is 14.6 Å². The highest BCUT2D eigenvalue weighted by atomic mass is 16.5. The fourth-order valence-corrected chi connectivity index (χ4v) is 3.45. The SMILES string of the molecule is COc1cccc(C(=O)Nc2cccc(CCc3nc4ccccc4n3C)c2)c1. The van der Waals surface area contributed by atoms with Crippen LogP contribution in [0.2, 0.25) is 0 Å². The van der Waals surface area contributed by atoms with Gasteiger partial charge in [-0.05, 0) is 54.4 Å². The summed E-state index contributed by atoms with van der Waals surface area (Å²) in [5.74, 6) is 1.56. The van der Waals surface area contributed by atoms with Crippen molar-refractivity contribution in [3.63, 3.8) is 0 Å². The number of methoxy groups -OCH3 is 1. The van der Waals surface area contributed by atoms with Crippen molar-refractivity contribution in [3.05, 3.63) is 89.7 Å². The number of ether oxygens (including phenoxy) is 1. The lowest BCUT2D eigenvalue weighted by Gasteiger charge is -2.09. The van der Waals surface area contributed by atoms with Gasteiger partial charge >= 0.3 is 0 Å². The Labute approximate surface area is 170 Å². The molecule has 29 heavy (non-hydrogen) atoms. The summed E-state index contributed by atoms with van der Waals surface area (Å²) in [4.78, 5) is 17.3. The average Bonchev–Trinajstić information content (AvgIpc) is 3.08. The number of imidazole rings is 1. The van der Waals surface area contributed by atoms with E-state index in [0.29, 0.717) is 11.3 Å². The van der Waals surface area contributed by atoms with Crippen molar-refractivity contribution in [2.24, 2.45) is 7.05 Å². The number of aromatic nitrogens is 2. The molecule has 0 bridgehead atoms. The van der Waals surface area contributed by atoms with Gasteiger partial charge in [-0.2, -0.15) is 0 Å². The van der Waals surface area contributed by atoms with Gasteiger partial charge in [0.25, 0.3) is 5.91 Å². The van der Waals surface area contributed by atoms with Crippen LogP contribution in [-0.4, -0.2) is 22.6 Å². The third-order valence-electron chi connectivity index (χ3n) is 5.03. The van der Waals surface area contributed by atoms with E-state index < -0.39 is 0 Å². The van der Waals surface area contributed by atoms with Crippen LogP contribution in [0.15, 0.2) is 72.8 Å². The number of carbonyl (C=O) groups is 1. The van der Waals surface area contributed by atoms with E-state index in [0.717, 1.165) is 41.0 Å². The lowest BCUT2D eigenvalue weighted by Crippen LogP contribution is -2.12. The summed E-state index contributed by atoms with van der Waals surface area (Å²) < 4.78 is 7.33. The summed E-state index contributed by atoms with van der Waals surface area (Å²) in [6, 6.07) is 23.2. The molecule has 1 aromatic heterocycles. The van der Waals surface area contributed by atoms with Gasteiger partial charge in [-0.25, -0.2) is 4.98 Å². The van der Waals surface area contributed by atoms with Crippen LogP contribution in [0.5, 0.6) is 5.75 Å². The first-order valence-electron chi connectivity index (χ1n) is 9.59. The molecule has 4 rings (SSSR count). The van der Waals surface area contributed by atoms with Crippen LogP contribution in [0.3, 0.4) is 0 Å². The van der Waals surface area contributed by atoms with E-state index in [1.54, 1.807) is 25.3 Å². The van der Waals surface area contributed by atoms with E-state index in [1.807, 2.05) is 42.5 Å². The van der Waals surface area contributed by atoms with Crippen LogP contribution in [0.1, 0.15) is 21.7 Å². The summed E-state index contributed by atoms with van der Waals surface area (Å²) in [6.07, 6.45) is 1.68. The quantitative estimate of drug-likeness (QED) is 0.527. The molecular weight excluding hydrogens is 362 g/mol. The molecule has 1 heterocycles. The van der Waals surface area contributed by atoms with E-state index in [-0.39, 0.29) is 5.91 Å². The van der Waals surface area contributed by atoms with Crippen LogP contribution in [-0.2, 0) is 19.9 Å². The van der Waals surface area contributed by atoms with Gasteiger partial charge in [0.2, 0.25) is 0 Å². The molecule has 4 aromatic rings. The zero-order chi connectivity index (χ0) is 20.2. The van der Waals surface area contributed by atoms with Crippen LogP contribution in [0.25, 0.3) is 11.0 Å². The maximum absolute atomic E-state index is 12.5. The Kier molecular flexibility index (Phi) is 5.29. The van der Waals surface area contributed by atoms with E-state index in [2.05, 4.69) is 29.1 Å². The van der Waals surface area contributed by atoms with Gasteiger partial charge in [-0.1, -0.05) is 30.3 Å². The first kappa shape index (κ1) is 18.7. The van der Waals surface area contributed by atoms with E-state index in [4.69, 9.17) is 9.72 Å². The molecule has 0 saturated heterocycles. The molecule has 0 unspecified atom stereocenters. The van der Waals surface area contributed by atoms with Crippen molar-refractivity contribution in [3.8, 4) is 5.75 Å². The predicted octanol–water partition coefficient (Wildman–Crippen LogP) is 4.62. The molecule has 0 aliphatic carbocycles. The van der Waals surface area contributed by atoms with Gasteiger partial charge in [-0.15, -0.1) is 0 Å². The highest BCUT2D eigenvalue weighted by Gasteiger charge is 2.09. The Bertz CT molecular complexity index is 1160.